The van der Waals surface area contributed by atoms with E-state index in [0.29, 0.717) is 17.0 Å². The fraction of sp³-hybridized carbons (Fsp3) is 0.368. The predicted molar refractivity (Wildman–Crippen MR) is 101 cm³/mol. The van der Waals surface area contributed by atoms with E-state index in [0.717, 1.165) is 24.3 Å². The normalized spacial score (nSPS) is 13.2. The van der Waals surface area contributed by atoms with Crippen molar-refractivity contribution in [3.8, 4) is 0 Å². The lowest BCUT2D eigenvalue weighted by molar-refractivity contribution is -0.348. The fourth-order valence-corrected chi connectivity index (χ4v) is 3.80. The molecular formula is C19H17F7N2O2S. The molecule has 2 rings (SSSR count). The first-order valence-electron chi connectivity index (χ1n) is 8.57. The van der Waals surface area contributed by atoms with Crippen LogP contribution in [0.4, 0.5) is 36.4 Å². The summed E-state index contributed by atoms with van der Waals surface area (Å²) in [4.78, 5) is 24.6. The van der Waals surface area contributed by atoms with Crippen LogP contribution in [-0.4, -0.2) is 24.2 Å². The minimum atomic E-state index is -6.24. The van der Waals surface area contributed by atoms with Gasteiger partial charge in [0.15, 0.2) is 0 Å². The minimum Gasteiger partial charge on any atom is -0.369 e. The van der Waals surface area contributed by atoms with Crippen LogP contribution >= 0.6 is 11.3 Å². The third-order valence-electron chi connectivity index (χ3n) is 4.75. The van der Waals surface area contributed by atoms with Crippen molar-refractivity contribution in [1.82, 2.24) is 0 Å². The quantitative estimate of drug-likeness (QED) is 0.578. The van der Waals surface area contributed by atoms with Crippen LogP contribution in [0, 0.1) is 6.92 Å². The molecular weight excluding hydrogens is 453 g/mol. The third-order valence-corrected chi connectivity index (χ3v) is 5.99. The Morgan fingerprint density at radius 1 is 0.968 bits per heavy atom. The Balaban J connectivity index is 2.42. The topological polar surface area (TPSA) is 72.2 Å². The first-order chi connectivity index (χ1) is 13.9. The molecule has 0 aliphatic heterocycles. The van der Waals surface area contributed by atoms with Gasteiger partial charge in [-0.05, 0) is 43.8 Å². The second kappa shape index (κ2) is 7.81. The number of aryl methyl sites for hydroxylation is 1. The summed E-state index contributed by atoms with van der Waals surface area (Å²) in [5, 5.41) is 3.87. The second-order valence-corrected chi connectivity index (χ2v) is 8.21. The number of alkyl halides is 7. The molecule has 0 aliphatic carbocycles. The van der Waals surface area contributed by atoms with Gasteiger partial charge in [-0.25, -0.2) is 4.39 Å². The van der Waals surface area contributed by atoms with Crippen molar-refractivity contribution in [2.45, 2.75) is 44.2 Å². The average Bonchev–Trinajstić information content (AvgIpc) is 3.11. The molecule has 0 spiro atoms. The van der Waals surface area contributed by atoms with Gasteiger partial charge in [-0.2, -0.15) is 26.3 Å². The van der Waals surface area contributed by atoms with Gasteiger partial charge < -0.3 is 11.1 Å². The fourth-order valence-electron chi connectivity index (χ4n) is 2.78. The van der Waals surface area contributed by atoms with Crippen LogP contribution in [-0.2, 0) is 15.9 Å². The highest BCUT2D eigenvalue weighted by Crippen LogP contribution is 2.53. The number of benzene rings is 1. The Hall–Kier alpha value is -2.63. The lowest BCUT2D eigenvalue weighted by atomic mass is 9.88. The van der Waals surface area contributed by atoms with Gasteiger partial charge in [0.25, 0.3) is 5.91 Å². The summed E-state index contributed by atoms with van der Waals surface area (Å²) in [6.07, 6.45) is -12.5. The Kier molecular flexibility index (Phi) is 6.21. The van der Waals surface area contributed by atoms with Crippen molar-refractivity contribution in [1.29, 1.82) is 0 Å². The standard InChI is InChI=1S/C19H17F7N2O2S/c1-9-8-10(17(20,18(21,22)23)19(24,25)26)4-5-12(9)28-14(29)11-6-7-31-13(11)16(2,3)15(27)30/h4-8H,1-3H3,(H2,27,30)(H,28,29). The molecule has 170 valence electrons. The van der Waals surface area contributed by atoms with Crippen LogP contribution in [0.25, 0.3) is 0 Å². The number of hydrogen-bond donors (Lipinski definition) is 2. The molecule has 4 nitrogen and oxygen atoms in total. The largest absolute Gasteiger partial charge is 0.435 e. The van der Waals surface area contributed by atoms with Gasteiger partial charge in [-0.3, -0.25) is 9.59 Å². The molecule has 0 radical (unpaired) electrons. The number of carbonyl (C=O) groups excluding carboxylic acids is 2. The van der Waals surface area contributed by atoms with Crippen LogP contribution in [0.15, 0.2) is 29.6 Å². The predicted octanol–water partition coefficient (Wildman–Crippen LogP) is 5.36. The first kappa shape index (κ1) is 24.6. The molecule has 0 saturated heterocycles. The van der Waals surface area contributed by atoms with Gasteiger partial charge in [-0.15, -0.1) is 11.3 Å². The van der Waals surface area contributed by atoms with E-state index in [1.807, 2.05) is 0 Å². The van der Waals surface area contributed by atoms with Crippen LogP contribution in [0.2, 0.25) is 0 Å². The van der Waals surface area contributed by atoms with Crippen molar-refractivity contribution in [2.24, 2.45) is 5.73 Å². The van der Waals surface area contributed by atoms with Gasteiger partial charge in [0, 0.05) is 16.1 Å². The Labute approximate surface area is 176 Å². The maximum absolute atomic E-state index is 14.2. The first-order valence-corrected chi connectivity index (χ1v) is 9.45. The maximum Gasteiger partial charge on any atom is 0.435 e. The smallest absolute Gasteiger partial charge is 0.369 e. The zero-order valence-electron chi connectivity index (χ0n) is 16.3. The van der Waals surface area contributed by atoms with Gasteiger partial charge in [-0.1, -0.05) is 12.1 Å². The molecule has 0 atom stereocenters. The molecule has 1 aromatic carbocycles. The van der Waals surface area contributed by atoms with Crippen molar-refractivity contribution in [3.63, 3.8) is 0 Å². The van der Waals surface area contributed by atoms with Crippen molar-refractivity contribution in [2.75, 3.05) is 5.32 Å². The van der Waals surface area contributed by atoms with Crippen LogP contribution < -0.4 is 11.1 Å². The number of anilines is 1. The van der Waals surface area contributed by atoms with E-state index in [9.17, 15) is 40.3 Å². The number of nitrogens with one attached hydrogen (secondary N) is 1. The average molecular weight is 470 g/mol. The van der Waals surface area contributed by atoms with E-state index in [1.165, 1.54) is 25.3 Å². The van der Waals surface area contributed by atoms with E-state index >= 15 is 0 Å². The summed E-state index contributed by atoms with van der Waals surface area (Å²) < 4.78 is 91.8. The van der Waals surface area contributed by atoms with Gasteiger partial charge in [0.2, 0.25) is 5.91 Å². The number of hydrogen-bond acceptors (Lipinski definition) is 3. The number of halogens is 7. The molecule has 1 heterocycles. The molecule has 0 fully saturated rings. The molecule has 2 amide bonds. The number of nitrogens with two attached hydrogens (primary N) is 1. The summed E-state index contributed by atoms with van der Waals surface area (Å²) in [5.41, 5.74) is -3.38. The Bertz CT molecular complexity index is 995. The van der Waals surface area contributed by atoms with Crippen LogP contribution in [0.3, 0.4) is 0 Å². The SMILES string of the molecule is Cc1cc(C(F)(C(F)(F)F)C(F)(F)F)ccc1NC(=O)c1ccsc1C(C)(C)C(N)=O. The molecule has 12 heteroatoms. The lowest BCUT2D eigenvalue weighted by Crippen LogP contribution is -2.50. The summed E-state index contributed by atoms with van der Waals surface area (Å²) in [5.74, 6) is -1.47. The minimum absolute atomic E-state index is 0.0581. The molecule has 31 heavy (non-hydrogen) atoms. The zero-order valence-corrected chi connectivity index (χ0v) is 17.2. The Morgan fingerprint density at radius 2 is 1.52 bits per heavy atom. The van der Waals surface area contributed by atoms with Crippen molar-refractivity contribution >= 4 is 28.8 Å². The molecule has 0 unspecified atom stereocenters. The maximum atomic E-state index is 14.2. The van der Waals surface area contributed by atoms with Crippen molar-refractivity contribution < 1.29 is 40.3 Å². The molecule has 1 aromatic heterocycles. The van der Waals surface area contributed by atoms with Crippen LogP contribution in [0.1, 0.15) is 40.2 Å². The van der Waals surface area contributed by atoms with Crippen LogP contribution in [0.5, 0.6) is 0 Å². The third kappa shape index (κ3) is 4.25. The van der Waals surface area contributed by atoms with Gasteiger partial charge in [0.05, 0.1) is 11.0 Å². The monoisotopic (exact) mass is 470 g/mol. The molecule has 0 saturated carbocycles. The van der Waals surface area contributed by atoms with Gasteiger partial charge >= 0.3 is 18.0 Å². The van der Waals surface area contributed by atoms with E-state index in [2.05, 4.69) is 5.32 Å². The number of carbonyl (C=O) groups is 2. The Morgan fingerprint density at radius 3 is 1.97 bits per heavy atom. The lowest BCUT2D eigenvalue weighted by Gasteiger charge is -2.30. The number of primary amides is 1. The molecule has 0 bridgehead atoms. The molecule has 2 aromatic rings. The summed E-state index contributed by atoms with van der Waals surface area (Å²) in [6, 6.07) is 2.83. The highest BCUT2D eigenvalue weighted by molar-refractivity contribution is 7.10. The van der Waals surface area contributed by atoms with E-state index < -0.39 is 40.8 Å². The highest BCUT2D eigenvalue weighted by atomic mass is 32.1. The number of rotatable bonds is 5. The summed E-state index contributed by atoms with van der Waals surface area (Å²) in [6.45, 7) is 4.11. The number of amides is 2. The van der Waals surface area contributed by atoms with Crippen molar-refractivity contribution in [3.05, 3.63) is 51.2 Å². The summed E-state index contributed by atoms with van der Waals surface area (Å²) >= 11 is 1.08. The highest BCUT2D eigenvalue weighted by Gasteiger charge is 2.73. The van der Waals surface area contributed by atoms with E-state index in [4.69, 9.17) is 5.73 Å². The van der Waals surface area contributed by atoms with E-state index in [1.54, 1.807) is 0 Å². The molecule has 0 aliphatic rings. The second-order valence-electron chi connectivity index (χ2n) is 7.29. The molecule has 3 N–H and O–H groups in total. The zero-order chi connectivity index (χ0) is 24.0. The van der Waals surface area contributed by atoms with Gasteiger partial charge in [0.1, 0.15) is 0 Å². The number of thiophene rings is 1. The van der Waals surface area contributed by atoms with E-state index in [-0.39, 0.29) is 16.8 Å². The summed E-state index contributed by atoms with van der Waals surface area (Å²) in [7, 11) is 0.